The summed E-state index contributed by atoms with van der Waals surface area (Å²) in [6.07, 6.45) is 21.3. The number of hydrogen-bond acceptors (Lipinski definition) is 2. The first-order chi connectivity index (χ1) is 22.2. The molecule has 0 amide bonds. The predicted octanol–water partition coefficient (Wildman–Crippen LogP) is 9.72. The van der Waals surface area contributed by atoms with Gasteiger partial charge >= 0.3 is 0 Å². The second kappa shape index (κ2) is 17.7. The highest BCUT2D eigenvalue weighted by Crippen LogP contribution is 2.30. The molecule has 0 unspecified atom stereocenters. The van der Waals surface area contributed by atoms with Gasteiger partial charge in [0.2, 0.25) is 0 Å². The molecule has 0 spiro atoms. The van der Waals surface area contributed by atoms with Crippen molar-refractivity contribution in [2.24, 2.45) is 5.92 Å². The van der Waals surface area contributed by atoms with E-state index in [1.54, 1.807) is 12.1 Å². The Hall–Kier alpha value is -4.64. The Morgan fingerprint density at radius 2 is 1.85 bits per heavy atom. The molecule has 4 rings (SSSR count). The number of nitrogens with zero attached hydrogens (tertiary/aromatic N) is 1. The molecule has 0 radical (unpaired) electrons. The molecule has 0 saturated heterocycles. The molecule has 1 saturated carbocycles. The van der Waals surface area contributed by atoms with E-state index < -0.39 is 0 Å². The third-order valence-electron chi connectivity index (χ3n) is 8.26. The Balaban J connectivity index is 0.00000282. The fourth-order valence-corrected chi connectivity index (χ4v) is 5.86. The van der Waals surface area contributed by atoms with Crippen molar-refractivity contribution in [2.45, 2.75) is 73.1 Å². The topological polar surface area (TPSA) is 56.5 Å². The normalized spacial score (nSPS) is 15.3. The van der Waals surface area contributed by atoms with Gasteiger partial charge in [-0.25, -0.2) is 4.39 Å². The van der Waals surface area contributed by atoms with Crippen LogP contribution in [0.25, 0.3) is 29.6 Å². The molecule has 3 aromatic rings. The van der Waals surface area contributed by atoms with E-state index in [0.29, 0.717) is 0 Å². The van der Waals surface area contributed by atoms with E-state index in [1.807, 2.05) is 58.1 Å². The number of aromatic amines is 2. The number of halogens is 1. The van der Waals surface area contributed by atoms with Crippen LogP contribution in [0.15, 0.2) is 109 Å². The Bertz CT molecular complexity index is 1750. The quantitative estimate of drug-likeness (QED) is 0.177. The summed E-state index contributed by atoms with van der Waals surface area (Å²) in [6.45, 7) is 26.6. The average molecular weight is 619 g/mol. The zero-order chi connectivity index (χ0) is 33.6. The van der Waals surface area contributed by atoms with Crippen molar-refractivity contribution in [1.29, 1.82) is 0 Å². The van der Waals surface area contributed by atoms with Crippen LogP contribution in [0.3, 0.4) is 0 Å². The fraction of sp³-hybridized carbons (Fsp3) is 0.293. The lowest BCUT2D eigenvalue weighted by Crippen LogP contribution is -2.21. The first kappa shape index (κ1) is 35.8. The summed E-state index contributed by atoms with van der Waals surface area (Å²) in [4.78, 5) is 3.44. The number of benzene rings is 1. The van der Waals surface area contributed by atoms with Gasteiger partial charge in [-0.1, -0.05) is 109 Å². The molecule has 0 bridgehead atoms. The number of rotatable bonds is 12. The average Bonchev–Trinajstić information content (AvgIpc) is 3.63. The van der Waals surface area contributed by atoms with Crippen molar-refractivity contribution < 1.29 is 4.39 Å². The summed E-state index contributed by atoms with van der Waals surface area (Å²) in [5.41, 5.74) is 9.28. The molecule has 1 aromatic carbocycles. The monoisotopic (exact) mass is 618 g/mol. The van der Waals surface area contributed by atoms with Crippen LogP contribution in [0.5, 0.6) is 0 Å². The van der Waals surface area contributed by atoms with Crippen molar-refractivity contribution in [1.82, 2.24) is 20.5 Å². The summed E-state index contributed by atoms with van der Waals surface area (Å²) < 4.78 is 14.0. The summed E-state index contributed by atoms with van der Waals surface area (Å²) >= 11 is 0. The largest absolute Gasteiger partial charge is 0.359 e. The summed E-state index contributed by atoms with van der Waals surface area (Å²) in [5.74, 6) is 0.444. The molecule has 3 N–H and O–H groups in total. The Labute approximate surface area is 275 Å². The maximum Gasteiger partial charge on any atom is 0.123 e. The highest BCUT2D eigenvalue weighted by Gasteiger charge is 2.16. The third-order valence-corrected chi connectivity index (χ3v) is 8.26. The second-order valence-corrected chi connectivity index (χ2v) is 11.5. The van der Waals surface area contributed by atoms with Gasteiger partial charge in [-0.3, -0.25) is 5.10 Å². The van der Waals surface area contributed by atoms with Crippen LogP contribution in [0.4, 0.5) is 4.39 Å². The Kier molecular flexibility index (Phi) is 13.8. The molecule has 2 heterocycles. The first-order valence-corrected chi connectivity index (χ1v) is 16.4. The van der Waals surface area contributed by atoms with Crippen molar-refractivity contribution in [2.75, 3.05) is 0 Å². The van der Waals surface area contributed by atoms with E-state index in [2.05, 4.69) is 72.0 Å². The molecule has 1 fully saturated rings. The summed E-state index contributed by atoms with van der Waals surface area (Å²) in [6, 6.07) is 8.60. The van der Waals surface area contributed by atoms with E-state index in [9.17, 15) is 4.39 Å². The molecule has 242 valence electrons. The van der Waals surface area contributed by atoms with Crippen LogP contribution in [-0.4, -0.2) is 15.2 Å². The lowest BCUT2D eigenvalue weighted by molar-refractivity contribution is 0.353. The van der Waals surface area contributed by atoms with Crippen LogP contribution in [0, 0.1) is 18.7 Å². The van der Waals surface area contributed by atoms with Crippen LogP contribution < -0.4 is 15.9 Å². The lowest BCUT2D eigenvalue weighted by Gasteiger charge is -2.23. The van der Waals surface area contributed by atoms with E-state index >= 15 is 0 Å². The van der Waals surface area contributed by atoms with Gasteiger partial charge in [-0.15, -0.1) is 0 Å². The number of allylic oxidation sites excluding steroid dienone is 9. The van der Waals surface area contributed by atoms with Crippen LogP contribution >= 0.6 is 0 Å². The molecule has 1 aliphatic rings. The zero-order valence-electron chi connectivity index (χ0n) is 28.4. The molecule has 4 nitrogen and oxygen atoms in total. The number of nitrogens with one attached hydrogen (secondary N) is 3. The maximum atomic E-state index is 14.0. The minimum Gasteiger partial charge on any atom is -0.359 e. The van der Waals surface area contributed by atoms with Crippen LogP contribution in [-0.2, 0) is 0 Å². The molecule has 46 heavy (non-hydrogen) atoms. The summed E-state index contributed by atoms with van der Waals surface area (Å²) in [7, 11) is 0. The zero-order valence-corrected chi connectivity index (χ0v) is 28.4. The fourth-order valence-electron chi connectivity index (χ4n) is 5.86. The Morgan fingerprint density at radius 1 is 1.11 bits per heavy atom. The van der Waals surface area contributed by atoms with Crippen LogP contribution in [0.1, 0.15) is 83.0 Å². The molecule has 2 aromatic heterocycles. The van der Waals surface area contributed by atoms with Gasteiger partial charge in [0.25, 0.3) is 0 Å². The van der Waals surface area contributed by atoms with Gasteiger partial charge in [-0.05, 0) is 91.8 Å². The van der Waals surface area contributed by atoms with Crippen molar-refractivity contribution in [3.8, 4) is 11.4 Å². The van der Waals surface area contributed by atoms with E-state index in [0.717, 1.165) is 79.2 Å². The van der Waals surface area contributed by atoms with Gasteiger partial charge in [0.15, 0.2) is 0 Å². The molecule has 0 atom stereocenters. The van der Waals surface area contributed by atoms with Crippen molar-refractivity contribution >= 4 is 18.2 Å². The minimum atomic E-state index is -0.282. The van der Waals surface area contributed by atoms with Gasteiger partial charge < -0.3 is 10.3 Å². The van der Waals surface area contributed by atoms with Crippen molar-refractivity contribution in [3.05, 3.63) is 142 Å². The van der Waals surface area contributed by atoms with Gasteiger partial charge in [0, 0.05) is 27.9 Å². The standard InChI is InChI=1S/C39H45FN4.C2H6/c1-8-15-35(32-18-14-19-33(40)23-32)36-25-38(42-29(36)7)39-28(6)37(43-44-39)21-20-26(4)31(9-2)24-34(10-3)41-27(5)22-30-16-12-11-13-17-30;1-2/h8-10,14-15,18-21,23-25,30,41-43H,1,3,5-6,11-13,16-17,22H2,2,4,7H3;1-2H3/b26-20+,31-9+,34-24+,35-15-,37-21+;. The Morgan fingerprint density at radius 3 is 2.50 bits per heavy atom. The highest BCUT2D eigenvalue weighted by atomic mass is 19.1. The highest BCUT2D eigenvalue weighted by molar-refractivity contribution is 5.84. The molecule has 5 heteroatoms. The predicted molar refractivity (Wildman–Crippen MR) is 197 cm³/mol. The third kappa shape index (κ3) is 9.43. The molecule has 1 aliphatic carbocycles. The molecule has 0 aliphatic heterocycles. The summed E-state index contributed by atoms with van der Waals surface area (Å²) in [5, 5.41) is 12.8. The maximum absolute atomic E-state index is 14.0. The minimum absolute atomic E-state index is 0.282. The first-order valence-electron chi connectivity index (χ1n) is 16.4. The second-order valence-electron chi connectivity index (χ2n) is 11.5. The van der Waals surface area contributed by atoms with Crippen molar-refractivity contribution in [3.63, 3.8) is 0 Å². The number of aromatic nitrogens is 3. The lowest BCUT2D eigenvalue weighted by atomic mass is 9.86. The SMILES string of the molecule is C=C/C=C(/c1cccc(F)c1)c1cc(-c2n[nH]/c(=C/C=C(C)/C(/C=C(\C=C)NC(=C)CC3CCCCC3)=C/C)c2=C)[nH]c1C.CC. The van der Waals surface area contributed by atoms with E-state index in [1.165, 1.54) is 44.2 Å². The van der Waals surface area contributed by atoms with Gasteiger partial charge in [-0.2, -0.15) is 5.10 Å². The number of hydrogen-bond donors (Lipinski definition) is 3. The molecular weight excluding hydrogens is 567 g/mol. The number of aryl methyl sites for hydroxylation is 1. The molecular formula is C41H51FN4. The van der Waals surface area contributed by atoms with Crippen LogP contribution in [0.2, 0.25) is 0 Å². The van der Waals surface area contributed by atoms with E-state index in [4.69, 9.17) is 0 Å². The number of H-pyrrole nitrogens is 2. The smallest absolute Gasteiger partial charge is 0.123 e. The van der Waals surface area contributed by atoms with Gasteiger partial charge in [0.1, 0.15) is 11.5 Å². The van der Waals surface area contributed by atoms with Gasteiger partial charge in [0.05, 0.1) is 11.0 Å². The van der Waals surface area contributed by atoms with E-state index in [-0.39, 0.29) is 5.82 Å².